The fourth-order valence-corrected chi connectivity index (χ4v) is 2.76. The normalized spacial score (nSPS) is 10.5. The topological polar surface area (TPSA) is 75.4 Å². The van der Waals surface area contributed by atoms with Gasteiger partial charge in [-0.25, -0.2) is 9.18 Å². The highest BCUT2D eigenvalue weighted by molar-refractivity contribution is 5.95. The minimum Gasteiger partial charge on any atom is -0.478 e. The van der Waals surface area contributed by atoms with Gasteiger partial charge in [0.05, 0.1) is 11.3 Å². The molecule has 0 aliphatic heterocycles. The first kappa shape index (κ1) is 17.5. The molecule has 26 heavy (non-hydrogen) atoms. The quantitative estimate of drug-likeness (QED) is 0.566. The van der Waals surface area contributed by atoms with Crippen LogP contribution < -0.4 is 11.1 Å². The van der Waals surface area contributed by atoms with E-state index in [0.29, 0.717) is 11.4 Å². The predicted molar refractivity (Wildman–Crippen MR) is 101 cm³/mol. The van der Waals surface area contributed by atoms with Crippen molar-refractivity contribution in [3.05, 3.63) is 89.2 Å². The fourth-order valence-electron chi connectivity index (χ4n) is 2.76. The van der Waals surface area contributed by atoms with Crippen LogP contribution in [0.2, 0.25) is 0 Å². The maximum absolute atomic E-state index is 13.1. The number of carbonyl (C=O) groups is 1. The van der Waals surface area contributed by atoms with E-state index in [0.717, 1.165) is 29.7 Å². The third kappa shape index (κ3) is 4.39. The molecule has 4 N–H and O–H groups in total. The molecule has 0 aliphatic rings. The van der Waals surface area contributed by atoms with Crippen LogP contribution in [0.3, 0.4) is 0 Å². The van der Waals surface area contributed by atoms with Gasteiger partial charge in [-0.3, -0.25) is 0 Å². The monoisotopic (exact) mass is 350 g/mol. The van der Waals surface area contributed by atoms with Crippen LogP contribution in [-0.4, -0.2) is 11.1 Å². The molecule has 0 saturated carbocycles. The summed E-state index contributed by atoms with van der Waals surface area (Å²) in [6.07, 6.45) is 1.55. The Morgan fingerprint density at radius 3 is 2.31 bits per heavy atom. The van der Waals surface area contributed by atoms with Gasteiger partial charge in [0.1, 0.15) is 5.82 Å². The number of benzene rings is 3. The van der Waals surface area contributed by atoms with Crippen molar-refractivity contribution in [3.63, 3.8) is 0 Å². The van der Waals surface area contributed by atoms with Crippen LogP contribution in [0.4, 0.5) is 21.5 Å². The molecule has 0 aromatic heterocycles. The maximum Gasteiger partial charge on any atom is 0.337 e. The fraction of sp³-hybridized carbons (Fsp3) is 0.0952. The van der Waals surface area contributed by atoms with Gasteiger partial charge in [0.15, 0.2) is 0 Å². The Hall–Kier alpha value is -3.34. The molecule has 0 amide bonds. The van der Waals surface area contributed by atoms with Crippen LogP contribution in [-0.2, 0) is 12.8 Å². The van der Waals surface area contributed by atoms with Crippen LogP contribution in [0.5, 0.6) is 0 Å². The lowest BCUT2D eigenvalue weighted by Gasteiger charge is -2.12. The van der Waals surface area contributed by atoms with Crippen LogP contribution in [0.15, 0.2) is 66.7 Å². The molecule has 0 radical (unpaired) electrons. The molecular formula is C21H19FN2O2. The molecular weight excluding hydrogens is 331 g/mol. The van der Waals surface area contributed by atoms with Crippen molar-refractivity contribution in [1.29, 1.82) is 0 Å². The third-order valence-electron chi connectivity index (χ3n) is 4.09. The second kappa shape index (κ2) is 7.70. The van der Waals surface area contributed by atoms with E-state index in [1.807, 2.05) is 36.4 Å². The second-order valence-electron chi connectivity index (χ2n) is 6.06. The van der Waals surface area contributed by atoms with Gasteiger partial charge in [0, 0.05) is 11.4 Å². The number of carboxylic acids is 1. The molecule has 3 aromatic carbocycles. The number of nitrogens with one attached hydrogen (secondary N) is 1. The molecule has 3 aromatic rings. The minimum atomic E-state index is -1.02. The summed E-state index contributed by atoms with van der Waals surface area (Å²) in [6.45, 7) is 0. The smallest absolute Gasteiger partial charge is 0.337 e. The van der Waals surface area contributed by atoms with Crippen LogP contribution in [0.1, 0.15) is 21.5 Å². The van der Waals surface area contributed by atoms with Crippen molar-refractivity contribution in [1.82, 2.24) is 0 Å². The Morgan fingerprint density at radius 1 is 0.962 bits per heavy atom. The van der Waals surface area contributed by atoms with Gasteiger partial charge in [-0.15, -0.1) is 0 Å². The van der Waals surface area contributed by atoms with Crippen molar-refractivity contribution < 1.29 is 14.3 Å². The van der Waals surface area contributed by atoms with Gasteiger partial charge in [-0.1, -0.05) is 18.2 Å². The van der Waals surface area contributed by atoms with Gasteiger partial charge < -0.3 is 16.2 Å². The summed E-state index contributed by atoms with van der Waals surface area (Å²) < 4.78 is 13.1. The van der Waals surface area contributed by atoms with E-state index >= 15 is 0 Å². The lowest BCUT2D eigenvalue weighted by Crippen LogP contribution is -2.04. The predicted octanol–water partition coefficient (Wildman–Crippen LogP) is 4.63. The lowest BCUT2D eigenvalue weighted by molar-refractivity contribution is 0.0698. The number of nitrogen functional groups attached to an aromatic ring is 1. The van der Waals surface area contributed by atoms with Crippen molar-refractivity contribution in [2.75, 3.05) is 11.1 Å². The number of rotatable bonds is 6. The molecule has 0 spiro atoms. The Morgan fingerprint density at radius 2 is 1.65 bits per heavy atom. The number of aryl methyl sites for hydroxylation is 2. The first-order valence-electron chi connectivity index (χ1n) is 8.24. The standard InChI is InChI=1S/C21H19FN2O2/c22-16-7-9-18(10-8-16)24-20-13-15(6-11-19(20)21(25)26)5-4-14-2-1-3-17(23)12-14/h1-3,6-13,24H,4-5,23H2,(H,25,26). The molecule has 0 saturated heterocycles. The van der Waals surface area contributed by atoms with E-state index in [1.54, 1.807) is 18.2 Å². The Kier molecular flexibility index (Phi) is 5.17. The van der Waals surface area contributed by atoms with Crippen molar-refractivity contribution in [3.8, 4) is 0 Å². The highest BCUT2D eigenvalue weighted by Gasteiger charge is 2.11. The number of hydrogen-bond acceptors (Lipinski definition) is 3. The molecule has 4 nitrogen and oxygen atoms in total. The molecule has 0 fully saturated rings. The van der Waals surface area contributed by atoms with Gasteiger partial charge in [0.25, 0.3) is 0 Å². The summed E-state index contributed by atoms with van der Waals surface area (Å²) in [6, 6.07) is 18.7. The summed E-state index contributed by atoms with van der Waals surface area (Å²) >= 11 is 0. The van der Waals surface area contributed by atoms with Crippen molar-refractivity contribution in [2.45, 2.75) is 12.8 Å². The van der Waals surface area contributed by atoms with E-state index in [4.69, 9.17) is 5.73 Å². The number of nitrogens with two attached hydrogens (primary N) is 1. The largest absolute Gasteiger partial charge is 0.478 e. The zero-order valence-electron chi connectivity index (χ0n) is 14.1. The van der Waals surface area contributed by atoms with Gasteiger partial charge in [-0.05, 0) is 72.5 Å². The molecule has 0 atom stereocenters. The Bertz CT molecular complexity index is 924. The molecule has 0 bridgehead atoms. The van der Waals surface area contributed by atoms with E-state index in [9.17, 15) is 14.3 Å². The molecule has 5 heteroatoms. The highest BCUT2D eigenvalue weighted by Crippen LogP contribution is 2.24. The van der Waals surface area contributed by atoms with Crippen LogP contribution in [0.25, 0.3) is 0 Å². The Balaban J connectivity index is 1.81. The van der Waals surface area contributed by atoms with E-state index < -0.39 is 5.97 Å². The van der Waals surface area contributed by atoms with Crippen molar-refractivity contribution >= 4 is 23.0 Å². The summed E-state index contributed by atoms with van der Waals surface area (Å²) in [7, 11) is 0. The highest BCUT2D eigenvalue weighted by atomic mass is 19.1. The van der Waals surface area contributed by atoms with Gasteiger partial charge in [0.2, 0.25) is 0 Å². The third-order valence-corrected chi connectivity index (χ3v) is 4.09. The summed E-state index contributed by atoms with van der Waals surface area (Å²) in [5.74, 6) is -1.36. The lowest BCUT2D eigenvalue weighted by atomic mass is 10.0. The molecule has 0 heterocycles. The summed E-state index contributed by atoms with van der Waals surface area (Å²) in [4.78, 5) is 11.5. The number of halogens is 1. The summed E-state index contributed by atoms with van der Waals surface area (Å²) in [5, 5.41) is 12.5. The van der Waals surface area contributed by atoms with E-state index in [1.165, 1.54) is 12.1 Å². The van der Waals surface area contributed by atoms with Crippen molar-refractivity contribution in [2.24, 2.45) is 0 Å². The van der Waals surface area contributed by atoms with Gasteiger partial charge in [-0.2, -0.15) is 0 Å². The number of anilines is 3. The zero-order valence-corrected chi connectivity index (χ0v) is 14.1. The number of aromatic carboxylic acids is 1. The summed E-state index contributed by atoms with van der Waals surface area (Å²) in [5.41, 5.74) is 9.93. The maximum atomic E-state index is 13.1. The first-order valence-corrected chi connectivity index (χ1v) is 8.24. The molecule has 0 unspecified atom stereocenters. The molecule has 3 rings (SSSR count). The number of carboxylic acid groups (broad SMARTS) is 1. The van der Waals surface area contributed by atoms with E-state index in [2.05, 4.69) is 5.32 Å². The van der Waals surface area contributed by atoms with Gasteiger partial charge >= 0.3 is 5.97 Å². The first-order chi connectivity index (χ1) is 12.5. The average molecular weight is 350 g/mol. The van der Waals surface area contributed by atoms with Crippen LogP contribution in [0, 0.1) is 5.82 Å². The molecule has 132 valence electrons. The zero-order chi connectivity index (χ0) is 18.5. The number of hydrogen-bond donors (Lipinski definition) is 3. The molecule has 0 aliphatic carbocycles. The average Bonchev–Trinajstić information content (AvgIpc) is 2.62. The SMILES string of the molecule is Nc1cccc(CCc2ccc(C(=O)O)c(Nc3ccc(F)cc3)c2)c1. The Labute approximate surface area is 151 Å². The minimum absolute atomic E-state index is 0.169. The van der Waals surface area contributed by atoms with E-state index in [-0.39, 0.29) is 11.4 Å². The second-order valence-corrected chi connectivity index (χ2v) is 6.06. The van der Waals surface area contributed by atoms with Crippen LogP contribution >= 0.6 is 0 Å².